The standard InChI is InChI=1S/C13H17NO4/c1-5-6-11(15)18-13-9(3)7-8(2)12(10(13)4)14(16)17/h7H,5-6H2,1-4H3. The van der Waals surface area contributed by atoms with E-state index in [9.17, 15) is 14.9 Å². The van der Waals surface area contributed by atoms with Crippen LogP contribution in [0.4, 0.5) is 5.69 Å². The Balaban J connectivity index is 3.23. The van der Waals surface area contributed by atoms with E-state index in [1.54, 1.807) is 26.8 Å². The summed E-state index contributed by atoms with van der Waals surface area (Å²) in [4.78, 5) is 22.0. The van der Waals surface area contributed by atoms with Crippen LogP contribution in [-0.2, 0) is 4.79 Å². The third-order valence-corrected chi connectivity index (χ3v) is 2.71. The molecule has 1 aromatic carbocycles. The quantitative estimate of drug-likeness (QED) is 0.356. The number of nitrogens with zero attached hydrogens (tertiary/aromatic N) is 1. The maximum Gasteiger partial charge on any atom is 0.311 e. The second kappa shape index (κ2) is 5.62. The van der Waals surface area contributed by atoms with E-state index in [4.69, 9.17) is 4.74 Å². The molecule has 0 atom stereocenters. The summed E-state index contributed by atoms with van der Waals surface area (Å²) in [5, 5.41) is 11.0. The highest BCUT2D eigenvalue weighted by molar-refractivity contribution is 5.74. The first-order valence-electron chi connectivity index (χ1n) is 5.84. The Kier molecular flexibility index (Phi) is 4.42. The van der Waals surface area contributed by atoms with Crippen molar-refractivity contribution in [1.29, 1.82) is 0 Å². The van der Waals surface area contributed by atoms with Crippen LogP contribution in [0, 0.1) is 30.9 Å². The van der Waals surface area contributed by atoms with Gasteiger partial charge in [0, 0.05) is 12.0 Å². The largest absolute Gasteiger partial charge is 0.426 e. The number of hydrogen-bond acceptors (Lipinski definition) is 4. The molecule has 0 saturated heterocycles. The summed E-state index contributed by atoms with van der Waals surface area (Å²) < 4.78 is 5.22. The van der Waals surface area contributed by atoms with Crippen LogP contribution in [0.5, 0.6) is 5.75 Å². The lowest BCUT2D eigenvalue weighted by Gasteiger charge is -2.12. The van der Waals surface area contributed by atoms with Crippen molar-refractivity contribution in [2.24, 2.45) is 0 Å². The molecule has 5 heteroatoms. The van der Waals surface area contributed by atoms with Gasteiger partial charge in [0.05, 0.1) is 10.5 Å². The molecule has 0 unspecified atom stereocenters. The first-order valence-corrected chi connectivity index (χ1v) is 5.84. The Bertz CT molecular complexity index is 494. The maximum absolute atomic E-state index is 11.5. The number of hydrogen-bond donors (Lipinski definition) is 0. The van der Waals surface area contributed by atoms with E-state index in [0.29, 0.717) is 29.7 Å². The Morgan fingerprint density at radius 3 is 2.44 bits per heavy atom. The molecule has 0 spiro atoms. The van der Waals surface area contributed by atoms with Crippen LogP contribution in [0.15, 0.2) is 6.07 Å². The topological polar surface area (TPSA) is 69.4 Å². The molecule has 0 aliphatic carbocycles. The third kappa shape index (κ3) is 2.85. The van der Waals surface area contributed by atoms with Crippen molar-refractivity contribution in [1.82, 2.24) is 0 Å². The number of ether oxygens (including phenoxy) is 1. The Morgan fingerprint density at radius 1 is 1.33 bits per heavy atom. The zero-order chi connectivity index (χ0) is 13.9. The Morgan fingerprint density at radius 2 is 1.94 bits per heavy atom. The lowest BCUT2D eigenvalue weighted by atomic mass is 10.0. The molecule has 0 radical (unpaired) electrons. The van der Waals surface area contributed by atoms with Crippen molar-refractivity contribution in [2.45, 2.75) is 40.5 Å². The molecule has 0 saturated carbocycles. The van der Waals surface area contributed by atoms with E-state index >= 15 is 0 Å². The van der Waals surface area contributed by atoms with Gasteiger partial charge in [-0.1, -0.05) is 6.92 Å². The van der Waals surface area contributed by atoms with Crippen LogP contribution in [0.3, 0.4) is 0 Å². The van der Waals surface area contributed by atoms with Gasteiger partial charge >= 0.3 is 5.97 Å². The van der Waals surface area contributed by atoms with Gasteiger partial charge < -0.3 is 4.74 Å². The van der Waals surface area contributed by atoms with Gasteiger partial charge in [0.15, 0.2) is 0 Å². The molecule has 5 nitrogen and oxygen atoms in total. The van der Waals surface area contributed by atoms with E-state index < -0.39 is 4.92 Å². The molecule has 0 aliphatic heterocycles. The lowest BCUT2D eigenvalue weighted by Crippen LogP contribution is -2.10. The van der Waals surface area contributed by atoms with E-state index in [0.717, 1.165) is 5.56 Å². The molecule has 0 N–H and O–H groups in total. The first kappa shape index (κ1) is 14.2. The molecule has 18 heavy (non-hydrogen) atoms. The zero-order valence-electron chi connectivity index (χ0n) is 11.1. The fourth-order valence-electron chi connectivity index (χ4n) is 1.96. The van der Waals surface area contributed by atoms with Crippen LogP contribution in [0.2, 0.25) is 0 Å². The minimum Gasteiger partial charge on any atom is -0.426 e. The highest BCUT2D eigenvalue weighted by Crippen LogP contribution is 2.34. The first-order chi connectivity index (χ1) is 8.38. The number of benzene rings is 1. The number of nitro benzene ring substituents is 1. The van der Waals surface area contributed by atoms with Gasteiger partial charge in [-0.3, -0.25) is 14.9 Å². The zero-order valence-corrected chi connectivity index (χ0v) is 11.1. The van der Waals surface area contributed by atoms with Crippen molar-refractivity contribution < 1.29 is 14.5 Å². The normalized spacial score (nSPS) is 10.2. The fraction of sp³-hybridized carbons (Fsp3) is 0.462. The van der Waals surface area contributed by atoms with Crippen LogP contribution in [0.1, 0.15) is 36.5 Å². The number of aryl methyl sites for hydroxylation is 2. The Labute approximate surface area is 106 Å². The number of carbonyl (C=O) groups is 1. The molecular weight excluding hydrogens is 234 g/mol. The van der Waals surface area contributed by atoms with Gasteiger partial charge in [-0.05, 0) is 38.8 Å². The molecule has 1 rings (SSSR count). The molecule has 0 heterocycles. The molecular formula is C13H17NO4. The average molecular weight is 251 g/mol. The summed E-state index contributed by atoms with van der Waals surface area (Å²) in [6.45, 7) is 6.93. The number of esters is 1. The third-order valence-electron chi connectivity index (χ3n) is 2.71. The van der Waals surface area contributed by atoms with Gasteiger partial charge in [-0.25, -0.2) is 0 Å². The van der Waals surface area contributed by atoms with Gasteiger partial charge in [-0.15, -0.1) is 0 Å². The van der Waals surface area contributed by atoms with E-state index in [1.165, 1.54) is 0 Å². The van der Waals surface area contributed by atoms with Gasteiger partial charge in [0.2, 0.25) is 0 Å². The molecule has 0 fully saturated rings. The van der Waals surface area contributed by atoms with E-state index in [-0.39, 0.29) is 11.7 Å². The minimum absolute atomic E-state index is 0.0138. The van der Waals surface area contributed by atoms with Crippen LogP contribution >= 0.6 is 0 Å². The number of rotatable bonds is 4. The second-order valence-corrected chi connectivity index (χ2v) is 4.29. The molecule has 0 amide bonds. The van der Waals surface area contributed by atoms with Gasteiger partial charge in [0.25, 0.3) is 5.69 Å². The highest BCUT2D eigenvalue weighted by Gasteiger charge is 2.22. The average Bonchev–Trinajstić information content (AvgIpc) is 2.23. The maximum atomic E-state index is 11.5. The smallest absolute Gasteiger partial charge is 0.311 e. The van der Waals surface area contributed by atoms with Gasteiger partial charge in [-0.2, -0.15) is 0 Å². The van der Waals surface area contributed by atoms with E-state index in [1.807, 2.05) is 6.92 Å². The van der Waals surface area contributed by atoms with Crippen molar-refractivity contribution in [3.63, 3.8) is 0 Å². The van der Waals surface area contributed by atoms with Crippen molar-refractivity contribution in [2.75, 3.05) is 0 Å². The molecule has 0 aromatic heterocycles. The van der Waals surface area contributed by atoms with Crippen molar-refractivity contribution in [3.8, 4) is 5.75 Å². The Hall–Kier alpha value is -1.91. The van der Waals surface area contributed by atoms with Crippen molar-refractivity contribution in [3.05, 3.63) is 32.9 Å². The van der Waals surface area contributed by atoms with Crippen molar-refractivity contribution >= 4 is 11.7 Å². The molecule has 1 aromatic rings. The number of nitro groups is 1. The summed E-state index contributed by atoms with van der Waals surface area (Å²) in [5.74, 6) is -0.0485. The number of carbonyl (C=O) groups excluding carboxylic acids is 1. The summed E-state index contributed by atoms with van der Waals surface area (Å²) in [5.41, 5.74) is 1.73. The second-order valence-electron chi connectivity index (χ2n) is 4.29. The fourth-order valence-corrected chi connectivity index (χ4v) is 1.96. The van der Waals surface area contributed by atoms with Crippen LogP contribution < -0.4 is 4.74 Å². The lowest BCUT2D eigenvalue weighted by molar-refractivity contribution is -0.386. The van der Waals surface area contributed by atoms with Crippen LogP contribution in [0.25, 0.3) is 0 Å². The van der Waals surface area contributed by atoms with Crippen LogP contribution in [-0.4, -0.2) is 10.9 Å². The summed E-state index contributed by atoms with van der Waals surface area (Å²) in [6.07, 6.45) is 0.992. The summed E-state index contributed by atoms with van der Waals surface area (Å²) in [6, 6.07) is 1.67. The molecule has 0 aliphatic rings. The summed E-state index contributed by atoms with van der Waals surface area (Å²) in [7, 11) is 0. The predicted octanol–water partition coefficient (Wildman–Crippen LogP) is 3.23. The monoisotopic (exact) mass is 251 g/mol. The predicted molar refractivity (Wildman–Crippen MR) is 67.9 cm³/mol. The highest BCUT2D eigenvalue weighted by atomic mass is 16.6. The minimum atomic E-state index is -0.443. The summed E-state index contributed by atoms with van der Waals surface area (Å²) >= 11 is 0. The molecule has 98 valence electrons. The SMILES string of the molecule is CCCC(=O)Oc1c(C)cc(C)c([N+](=O)[O-])c1C. The van der Waals surface area contributed by atoms with Gasteiger partial charge in [0.1, 0.15) is 5.75 Å². The molecule has 0 bridgehead atoms. The van der Waals surface area contributed by atoms with E-state index in [2.05, 4.69) is 0 Å².